The van der Waals surface area contributed by atoms with E-state index in [0.29, 0.717) is 11.8 Å². The van der Waals surface area contributed by atoms with Crippen LogP contribution in [0.3, 0.4) is 0 Å². The number of hydrogen-bond acceptors (Lipinski definition) is 1. The van der Waals surface area contributed by atoms with Crippen LogP contribution in [0.5, 0.6) is 0 Å². The van der Waals surface area contributed by atoms with Gasteiger partial charge in [0.25, 0.3) is 0 Å². The fourth-order valence-electron chi connectivity index (χ4n) is 13.6. The normalized spacial score (nSPS) is 17.0. The molecule has 2 heterocycles. The number of allylic oxidation sites excluding steroid dienone is 3. The van der Waals surface area contributed by atoms with E-state index in [1.165, 1.54) is 122 Å². The summed E-state index contributed by atoms with van der Waals surface area (Å²) in [5.74, 6) is 0.660. The van der Waals surface area contributed by atoms with Crippen LogP contribution < -0.4 is 4.90 Å². The molecule has 3 aliphatic carbocycles. The third kappa shape index (κ3) is 6.06. The zero-order valence-electron chi connectivity index (χ0n) is 41.5. The first-order chi connectivity index (χ1) is 35.7. The van der Waals surface area contributed by atoms with Crippen molar-refractivity contribution < 1.29 is 0 Å². The van der Waals surface area contributed by atoms with Gasteiger partial charge in [0.2, 0.25) is 0 Å². The van der Waals surface area contributed by atoms with Gasteiger partial charge in [-0.2, -0.15) is 0 Å². The highest BCUT2D eigenvalue weighted by Gasteiger charge is 2.45. The van der Waals surface area contributed by atoms with Gasteiger partial charge in [-0.05, 0) is 146 Å². The Balaban J connectivity index is 0.856. The van der Waals surface area contributed by atoms with Crippen LogP contribution in [0.15, 0.2) is 242 Å². The van der Waals surface area contributed by atoms with E-state index in [1.54, 1.807) is 0 Å². The topological polar surface area (TPSA) is 13.1 Å². The summed E-state index contributed by atoms with van der Waals surface area (Å²) >= 11 is 0. The van der Waals surface area contributed by atoms with Crippen LogP contribution in [0, 0.1) is 5.92 Å². The smallest absolute Gasteiger partial charge is 0.0542 e. The Kier molecular flexibility index (Phi) is 8.89. The van der Waals surface area contributed by atoms with Crippen molar-refractivity contribution in [3.05, 3.63) is 265 Å². The summed E-state index contributed by atoms with van der Waals surface area (Å²) < 4.78 is 4.86. The van der Waals surface area contributed by atoms with Crippen molar-refractivity contribution >= 4 is 65.8 Å². The second kappa shape index (κ2) is 15.4. The average molecular weight is 936 g/mol. The minimum atomic E-state index is -0.249. The molecule has 10 aromatic carbocycles. The van der Waals surface area contributed by atoms with E-state index in [0.717, 1.165) is 5.69 Å². The number of para-hydroxylation sites is 3. The van der Waals surface area contributed by atoms with Crippen LogP contribution in [-0.4, -0.2) is 9.13 Å². The first-order valence-electron chi connectivity index (χ1n) is 25.9. The Morgan fingerprint density at radius 1 is 0.425 bits per heavy atom. The Labute approximate surface area is 426 Å². The Bertz CT molecular complexity index is 4340. The zero-order chi connectivity index (χ0) is 48.7. The zero-order valence-corrected chi connectivity index (χ0v) is 41.5. The first-order valence-corrected chi connectivity index (χ1v) is 25.9. The maximum Gasteiger partial charge on any atom is 0.0542 e. The average Bonchev–Trinajstić information content (AvgIpc) is 4.09. The van der Waals surface area contributed by atoms with E-state index in [-0.39, 0.29) is 10.8 Å². The van der Waals surface area contributed by atoms with Gasteiger partial charge in [0, 0.05) is 61.0 Å². The van der Waals surface area contributed by atoms with Crippen LogP contribution in [0.1, 0.15) is 55.9 Å². The van der Waals surface area contributed by atoms with Crippen LogP contribution in [0.25, 0.3) is 88.0 Å². The lowest BCUT2D eigenvalue weighted by Gasteiger charge is -2.35. The molecule has 2 aromatic heterocycles. The van der Waals surface area contributed by atoms with Crippen molar-refractivity contribution in [3.8, 4) is 33.6 Å². The maximum absolute atomic E-state index is 2.58. The summed E-state index contributed by atoms with van der Waals surface area (Å²) in [6, 6.07) is 81.6. The van der Waals surface area contributed by atoms with Gasteiger partial charge in [-0.3, -0.25) is 0 Å². The van der Waals surface area contributed by atoms with E-state index in [2.05, 4.69) is 278 Å². The number of benzene rings is 10. The largest absolute Gasteiger partial charge is 0.311 e. The highest BCUT2D eigenvalue weighted by molar-refractivity contribution is 6.12. The number of rotatable bonds is 6. The van der Waals surface area contributed by atoms with E-state index >= 15 is 0 Å². The summed E-state index contributed by atoms with van der Waals surface area (Å²) in [5, 5.41) is 7.51. The van der Waals surface area contributed by atoms with E-state index < -0.39 is 0 Å². The van der Waals surface area contributed by atoms with Crippen LogP contribution in [0.2, 0.25) is 0 Å². The summed E-state index contributed by atoms with van der Waals surface area (Å²) in [6.45, 7) is 9.71. The standard InChI is InChI=1S/C70H53N3/c1-69(2)60-25-13-10-22-52(60)54-35-31-49(42-62(54)69)71(48-33-38-67-59(41-48)57-24-11-14-26-65(57)72(67)47-19-6-5-7-20-47)50-32-36-55-53-34-29-46(40-61(53)70(3,4)63(55)43-50)45-30-37-68-58(39-45)56-23-12-15-27-66(56)73(68)64-28-16-18-44-17-8-9-21-51(44)64/h5-43,54,62H,1-4H3. The van der Waals surface area contributed by atoms with Crippen LogP contribution >= 0.6 is 0 Å². The van der Waals surface area contributed by atoms with Crippen molar-refractivity contribution in [2.75, 3.05) is 4.90 Å². The molecule has 2 atom stereocenters. The molecular weight excluding hydrogens is 883 g/mol. The Hall–Kier alpha value is -8.66. The van der Waals surface area contributed by atoms with Gasteiger partial charge in [-0.25, -0.2) is 0 Å². The van der Waals surface area contributed by atoms with Crippen molar-refractivity contribution in [2.24, 2.45) is 5.92 Å². The molecule has 0 fully saturated rings. The monoisotopic (exact) mass is 935 g/mol. The third-order valence-electron chi connectivity index (χ3n) is 17.2. The van der Waals surface area contributed by atoms with Gasteiger partial charge in [0.05, 0.1) is 27.8 Å². The molecule has 12 aromatic rings. The molecule has 0 saturated heterocycles. The van der Waals surface area contributed by atoms with Crippen LogP contribution in [0.4, 0.5) is 11.4 Å². The molecule has 3 aliphatic rings. The molecule has 3 heteroatoms. The quantitative estimate of drug-likeness (QED) is 0.162. The number of nitrogens with zero attached hydrogens (tertiary/aromatic N) is 3. The van der Waals surface area contributed by atoms with E-state index in [9.17, 15) is 0 Å². The molecule has 0 N–H and O–H groups in total. The molecule has 2 unspecified atom stereocenters. The first kappa shape index (κ1) is 42.1. The minimum Gasteiger partial charge on any atom is -0.311 e. The third-order valence-corrected chi connectivity index (χ3v) is 17.2. The van der Waals surface area contributed by atoms with Gasteiger partial charge in [-0.1, -0.05) is 179 Å². The number of aromatic nitrogens is 2. The molecule has 73 heavy (non-hydrogen) atoms. The molecule has 3 nitrogen and oxygen atoms in total. The maximum atomic E-state index is 2.58. The number of anilines is 2. The van der Waals surface area contributed by atoms with E-state index in [4.69, 9.17) is 0 Å². The van der Waals surface area contributed by atoms with Gasteiger partial charge >= 0.3 is 0 Å². The van der Waals surface area contributed by atoms with Gasteiger partial charge < -0.3 is 14.0 Å². The predicted octanol–water partition coefficient (Wildman–Crippen LogP) is 18.3. The molecule has 0 spiro atoms. The number of hydrogen-bond donors (Lipinski definition) is 0. The molecule has 0 amide bonds. The second-order valence-electron chi connectivity index (χ2n) is 21.7. The molecule has 0 aliphatic heterocycles. The van der Waals surface area contributed by atoms with Crippen molar-refractivity contribution in [1.29, 1.82) is 0 Å². The lowest BCUT2D eigenvalue weighted by Crippen LogP contribution is -2.28. The highest BCUT2D eigenvalue weighted by atomic mass is 15.1. The molecule has 348 valence electrons. The molecule has 15 rings (SSSR count). The molecule has 0 saturated carbocycles. The summed E-state index contributed by atoms with van der Waals surface area (Å²) in [4.78, 5) is 2.54. The predicted molar refractivity (Wildman–Crippen MR) is 307 cm³/mol. The lowest BCUT2D eigenvalue weighted by molar-refractivity contribution is 0.392. The van der Waals surface area contributed by atoms with Crippen molar-refractivity contribution in [2.45, 2.75) is 44.4 Å². The Morgan fingerprint density at radius 2 is 1.00 bits per heavy atom. The van der Waals surface area contributed by atoms with Gasteiger partial charge in [0.15, 0.2) is 0 Å². The fraction of sp³-hybridized carbons (Fsp3) is 0.114. The second-order valence-corrected chi connectivity index (χ2v) is 21.7. The summed E-state index contributed by atoms with van der Waals surface area (Å²) in [7, 11) is 0. The summed E-state index contributed by atoms with van der Waals surface area (Å²) in [6.07, 6.45) is 7.46. The van der Waals surface area contributed by atoms with Crippen LogP contribution in [-0.2, 0) is 10.8 Å². The molecular formula is C70H53N3. The Morgan fingerprint density at radius 3 is 1.82 bits per heavy atom. The molecule has 0 radical (unpaired) electrons. The minimum absolute atomic E-state index is 0.0202. The fourth-order valence-corrected chi connectivity index (χ4v) is 13.6. The van der Waals surface area contributed by atoms with Gasteiger partial charge in [-0.15, -0.1) is 0 Å². The lowest BCUT2D eigenvalue weighted by atomic mass is 9.74. The SMILES string of the molecule is CC1(C)c2cc(-c3ccc4c(c3)c3ccccc3n4-c3cccc4ccccc34)ccc2-c2ccc(N(C3=CC4C(C=C3)c3ccccc3C4(C)C)c3ccc4c(c3)c3ccccc3n4-c3ccccc3)cc21. The highest BCUT2D eigenvalue weighted by Crippen LogP contribution is 2.56. The van der Waals surface area contributed by atoms with Crippen molar-refractivity contribution in [3.63, 3.8) is 0 Å². The van der Waals surface area contributed by atoms with Crippen molar-refractivity contribution in [1.82, 2.24) is 9.13 Å². The van der Waals surface area contributed by atoms with Gasteiger partial charge in [0.1, 0.15) is 0 Å². The number of fused-ring (bicyclic) bond motifs is 13. The van der Waals surface area contributed by atoms with E-state index in [1.807, 2.05) is 0 Å². The summed E-state index contributed by atoms with van der Waals surface area (Å²) in [5.41, 5.74) is 21.2. The molecule has 0 bridgehead atoms.